The number of amides is 1. The van der Waals surface area contributed by atoms with Gasteiger partial charge < -0.3 is 9.73 Å². The van der Waals surface area contributed by atoms with Crippen LogP contribution in [0, 0.1) is 0 Å². The zero-order valence-electron chi connectivity index (χ0n) is 14.4. The highest BCUT2D eigenvalue weighted by molar-refractivity contribution is 6.14. The van der Waals surface area contributed by atoms with Crippen LogP contribution in [0.1, 0.15) is 27.4 Å². The van der Waals surface area contributed by atoms with Crippen molar-refractivity contribution in [3.8, 4) is 0 Å². The highest BCUT2D eigenvalue weighted by Crippen LogP contribution is 2.26. The van der Waals surface area contributed by atoms with Gasteiger partial charge in [0.15, 0.2) is 12.2 Å². The first-order valence-corrected chi connectivity index (χ1v) is 8.35. The molecule has 1 aliphatic rings. The highest BCUT2D eigenvalue weighted by Gasteiger charge is 2.21. The number of nitrogens with one attached hydrogen (secondary N) is 1. The van der Waals surface area contributed by atoms with Gasteiger partial charge in [-0.2, -0.15) is 5.10 Å². The van der Waals surface area contributed by atoms with Crippen LogP contribution in [0.15, 0.2) is 58.7 Å². The Bertz CT molecular complexity index is 1210. The van der Waals surface area contributed by atoms with Gasteiger partial charge in [0.1, 0.15) is 16.9 Å². The van der Waals surface area contributed by atoms with E-state index in [1.165, 1.54) is 6.39 Å². The summed E-state index contributed by atoms with van der Waals surface area (Å²) in [6.45, 7) is 0.582. The second kappa shape index (κ2) is 5.87. The average Bonchev–Trinajstić information content (AvgIpc) is 3.38. The number of fused-ring (bicyclic) bond motifs is 2. The molecule has 0 aliphatic carbocycles. The predicted octanol–water partition coefficient (Wildman–Crippen LogP) is 2.56. The van der Waals surface area contributed by atoms with Crippen molar-refractivity contribution in [2.24, 2.45) is 12.0 Å². The molecule has 0 saturated carbocycles. The number of aromatic nitrogens is 4. The number of benzene rings is 1. The number of nitrogens with zero attached hydrogens (tertiary/aromatic N) is 5. The summed E-state index contributed by atoms with van der Waals surface area (Å²) < 4.78 is 7.05. The Kier molecular flexibility index (Phi) is 3.36. The van der Waals surface area contributed by atoms with E-state index >= 15 is 0 Å². The molecule has 8 nitrogen and oxygen atoms in total. The first-order chi connectivity index (χ1) is 13.2. The van der Waals surface area contributed by atoms with Crippen LogP contribution in [0.3, 0.4) is 0 Å². The minimum atomic E-state index is -0.281. The molecule has 4 aromatic rings. The normalized spacial score (nSPS) is 12.9. The Morgan fingerprint density at radius 2 is 2.19 bits per heavy atom. The Hall–Kier alpha value is -3.81. The quantitative estimate of drug-likeness (QED) is 0.607. The molecule has 8 heteroatoms. The molecule has 132 valence electrons. The average molecular weight is 358 g/mol. The molecule has 0 atom stereocenters. The van der Waals surface area contributed by atoms with Crippen LogP contribution in [0.4, 0.5) is 5.69 Å². The summed E-state index contributed by atoms with van der Waals surface area (Å²) in [5.41, 5.74) is 4.50. The third-order valence-electron chi connectivity index (χ3n) is 4.43. The van der Waals surface area contributed by atoms with Gasteiger partial charge in [0.2, 0.25) is 0 Å². The molecule has 0 fully saturated rings. The Morgan fingerprint density at radius 3 is 3.04 bits per heavy atom. The summed E-state index contributed by atoms with van der Waals surface area (Å²) in [6, 6.07) is 7.43. The minimum Gasteiger partial charge on any atom is -0.442 e. The molecule has 27 heavy (non-hydrogen) atoms. The lowest BCUT2D eigenvalue weighted by molar-refractivity contribution is 0.102. The molecule has 0 unspecified atom stereocenters. The van der Waals surface area contributed by atoms with E-state index in [0.717, 1.165) is 27.7 Å². The summed E-state index contributed by atoms with van der Waals surface area (Å²) in [7, 11) is 1.83. The van der Waals surface area contributed by atoms with Crippen LogP contribution in [-0.4, -0.2) is 31.4 Å². The van der Waals surface area contributed by atoms with E-state index in [4.69, 9.17) is 4.42 Å². The third-order valence-corrected chi connectivity index (χ3v) is 4.43. The molecule has 0 spiro atoms. The number of rotatable bonds is 3. The fourth-order valence-electron chi connectivity index (χ4n) is 3.18. The van der Waals surface area contributed by atoms with E-state index in [2.05, 4.69) is 25.4 Å². The minimum absolute atomic E-state index is 0.281. The van der Waals surface area contributed by atoms with Crippen molar-refractivity contribution in [3.63, 3.8) is 0 Å². The van der Waals surface area contributed by atoms with Crippen molar-refractivity contribution in [2.75, 3.05) is 5.32 Å². The fourth-order valence-corrected chi connectivity index (χ4v) is 3.18. The molecule has 0 saturated heterocycles. The molecule has 1 aliphatic heterocycles. The molecule has 5 rings (SSSR count). The summed E-state index contributed by atoms with van der Waals surface area (Å²) in [6.07, 6.45) is 6.46. The number of carbonyl (C=O) groups excluding carboxylic acids is 1. The molecular formula is C19H14N6O2. The molecule has 1 amide bonds. The maximum absolute atomic E-state index is 12.6. The molecule has 1 N–H and O–H groups in total. The SMILES string of the molecule is Cn1cc2cc(C(=O)Nc3ccc4c(c3)C(c3cnco3)=NC4)ncc2n1. The van der Waals surface area contributed by atoms with E-state index in [0.29, 0.717) is 23.7 Å². The molecule has 1 aromatic carbocycles. The number of hydrogen-bond donors (Lipinski definition) is 1. The van der Waals surface area contributed by atoms with Gasteiger partial charge >= 0.3 is 0 Å². The molecule has 3 aromatic heterocycles. The van der Waals surface area contributed by atoms with Crippen molar-refractivity contribution in [2.45, 2.75) is 6.54 Å². The lowest BCUT2D eigenvalue weighted by Crippen LogP contribution is -2.14. The van der Waals surface area contributed by atoms with E-state index in [1.54, 1.807) is 23.1 Å². The summed E-state index contributed by atoms with van der Waals surface area (Å²) >= 11 is 0. The van der Waals surface area contributed by atoms with Crippen molar-refractivity contribution >= 4 is 28.2 Å². The van der Waals surface area contributed by atoms with Crippen LogP contribution >= 0.6 is 0 Å². The Labute approximate surface area is 153 Å². The fraction of sp³-hybridized carbons (Fsp3) is 0.105. The summed E-state index contributed by atoms with van der Waals surface area (Å²) in [5.74, 6) is 0.331. The lowest BCUT2D eigenvalue weighted by Gasteiger charge is -2.08. The van der Waals surface area contributed by atoms with Gasteiger partial charge in [0.25, 0.3) is 5.91 Å². The standard InChI is InChI=1S/C19H14N6O2/c1-25-9-12-4-15(21-7-16(12)24-25)19(26)23-13-3-2-11-6-22-18(14(11)5-13)17-8-20-10-27-17/h2-5,7-10H,6H2,1H3,(H,23,26). The van der Waals surface area contributed by atoms with Crippen LogP contribution in [-0.2, 0) is 13.6 Å². The molecule has 4 heterocycles. The molecular weight excluding hydrogens is 344 g/mol. The Balaban J connectivity index is 1.43. The van der Waals surface area contributed by atoms with Gasteiger partial charge in [-0.1, -0.05) is 6.07 Å². The van der Waals surface area contributed by atoms with E-state index in [1.807, 2.05) is 31.4 Å². The zero-order chi connectivity index (χ0) is 18.4. The molecule has 0 radical (unpaired) electrons. The second-order valence-corrected chi connectivity index (χ2v) is 6.29. The first kappa shape index (κ1) is 15.4. The van der Waals surface area contributed by atoms with Crippen LogP contribution < -0.4 is 5.32 Å². The van der Waals surface area contributed by atoms with E-state index in [-0.39, 0.29) is 5.91 Å². The number of pyridine rings is 1. The summed E-state index contributed by atoms with van der Waals surface area (Å²) in [5, 5.41) is 8.03. The number of anilines is 1. The van der Waals surface area contributed by atoms with Gasteiger partial charge in [-0.05, 0) is 23.8 Å². The number of oxazole rings is 1. The van der Waals surface area contributed by atoms with Gasteiger partial charge in [-0.25, -0.2) is 9.97 Å². The summed E-state index contributed by atoms with van der Waals surface area (Å²) in [4.78, 5) is 25.3. The Morgan fingerprint density at radius 1 is 1.26 bits per heavy atom. The third kappa shape index (κ3) is 2.67. The number of hydrogen-bond acceptors (Lipinski definition) is 6. The monoisotopic (exact) mass is 358 g/mol. The van der Waals surface area contributed by atoms with Crippen molar-refractivity contribution in [1.82, 2.24) is 19.7 Å². The van der Waals surface area contributed by atoms with Crippen LogP contribution in [0.5, 0.6) is 0 Å². The van der Waals surface area contributed by atoms with Gasteiger partial charge in [0.05, 0.1) is 18.9 Å². The van der Waals surface area contributed by atoms with Crippen molar-refractivity contribution < 1.29 is 9.21 Å². The topological polar surface area (TPSA) is 98.2 Å². The number of aryl methyl sites for hydroxylation is 1. The van der Waals surface area contributed by atoms with E-state index < -0.39 is 0 Å². The lowest BCUT2D eigenvalue weighted by atomic mass is 10.0. The highest BCUT2D eigenvalue weighted by atomic mass is 16.3. The smallest absolute Gasteiger partial charge is 0.274 e. The maximum atomic E-state index is 12.6. The maximum Gasteiger partial charge on any atom is 0.274 e. The van der Waals surface area contributed by atoms with Crippen LogP contribution in [0.2, 0.25) is 0 Å². The van der Waals surface area contributed by atoms with E-state index in [9.17, 15) is 4.79 Å². The van der Waals surface area contributed by atoms with Gasteiger partial charge in [-0.3, -0.25) is 14.5 Å². The first-order valence-electron chi connectivity index (χ1n) is 8.35. The van der Waals surface area contributed by atoms with Gasteiger partial charge in [-0.15, -0.1) is 0 Å². The number of aliphatic imine (C=N–C) groups is 1. The predicted molar refractivity (Wildman–Crippen MR) is 98.8 cm³/mol. The largest absolute Gasteiger partial charge is 0.442 e. The van der Waals surface area contributed by atoms with Gasteiger partial charge in [0, 0.05) is 29.9 Å². The van der Waals surface area contributed by atoms with Crippen molar-refractivity contribution in [3.05, 3.63) is 71.8 Å². The van der Waals surface area contributed by atoms with Crippen molar-refractivity contribution in [1.29, 1.82) is 0 Å². The molecule has 0 bridgehead atoms. The second-order valence-electron chi connectivity index (χ2n) is 6.29. The zero-order valence-corrected chi connectivity index (χ0v) is 14.4. The number of carbonyl (C=O) groups is 1. The van der Waals surface area contributed by atoms with Crippen LogP contribution in [0.25, 0.3) is 10.9 Å².